The Balaban J connectivity index is 1.07. The maximum absolute atomic E-state index is 12.3. The molecule has 2 heterocycles. The lowest BCUT2D eigenvalue weighted by molar-refractivity contribution is -0.121. The third kappa shape index (κ3) is 14.9. The number of hydrazine groups is 2. The van der Waals surface area contributed by atoms with E-state index in [1.54, 1.807) is 0 Å². The number of unbranched alkanes of at least 4 members (excludes halogenated alkanes) is 2. The van der Waals surface area contributed by atoms with Crippen molar-refractivity contribution in [2.45, 2.75) is 65.2 Å². The highest BCUT2D eigenvalue weighted by Crippen LogP contribution is 2.30. The van der Waals surface area contributed by atoms with Gasteiger partial charge in [0.25, 0.3) is 0 Å². The second-order valence-electron chi connectivity index (χ2n) is 13.5. The summed E-state index contributed by atoms with van der Waals surface area (Å²) in [5.74, 6) is 1.68. The minimum absolute atomic E-state index is 0.0696. The number of nitrogens with two attached hydrogens (primary N) is 1. The van der Waals surface area contributed by atoms with Crippen LogP contribution in [0.4, 0.5) is 0 Å². The highest BCUT2D eigenvalue weighted by Gasteiger charge is 2.32. The summed E-state index contributed by atoms with van der Waals surface area (Å²) in [6, 6.07) is 24.7. The van der Waals surface area contributed by atoms with Crippen molar-refractivity contribution in [2.24, 2.45) is 16.3 Å². The first-order chi connectivity index (χ1) is 25.5. The zero-order valence-corrected chi connectivity index (χ0v) is 31.1. The molecule has 0 radical (unpaired) electrons. The molecule has 284 valence electrons. The van der Waals surface area contributed by atoms with Gasteiger partial charge in [0, 0.05) is 49.8 Å². The highest BCUT2D eigenvalue weighted by atomic mass is 16.5. The Labute approximate surface area is 309 Å². The smallest absolute Gasteiger partial charge is 0.219 e. The summed E-state index contributed by atoms with van der Waals surface area (Å²) in [5.41, 5.74) is 15.5. The van der Waals surface area contributed by atoms with Gasteiger partial charge in [-0.05, 0) is 68.7 Å². The minimum atomic E-state index is -0.146. The van der Waals surface area contributed by atoms with E-state index in [0.717, 1.165) is 79.7 Å². The Morgan fingerprint density at radius 2 is 1.44 bits per heavy atom. The Kier molecular flexibility index (Phi) is 18.4. The van der Waals surface area contributed by atoms with Crippen LogP contribution < -0.4 is 26.9 Å². The number of hydrogen-bond donors (Lipinski definition) is 4. The average Bonchev–Trinajstić information content (AvgIpc) is 3.65. The van der Waals surface area contributed by atoms with Crippen molar-refractivity contribution in [3.05, 3.63) is 72.8 Å². The van der Waals surface area contributed by atoms with Crippen molar-refractivity contribution >= 4 is 11.7 Å². The molecule has 2 aromatic carbocycles. The number of nitrogens with zero attached hydrogens (tertiary/aromatic N) is 3. The van der Waals surface area contributed by atoms with E-state index in [1.807, 2.05) is 42.5 Å². The van der Waals surface area contributed by atoms with Gasteiger partial charge in [0.1, 0.15) is 5.84 Å². The average molecular weight is 718 g/mol. The predicted molar refractivity (Wildman–Crippen MR) is 206 cm³/mol. The molecule has 3 aromatic rings. The fraction of sp³-hybridized carbons (Fsp3) is 0.525. The SMILES string of the molecule is CC(C)(CCCCOc1cc(-c2ccccc2)cc(-c2ccccc2)n1)C1=NNNN1CCCCC(=O)NCCCOCCOCCOCCCN. The third-order valence-corrected chi connectivity index (χ3v) is 8.69. The number of ether oxygens (including phenoxy) is 4. The molecule has 5 N–H and O–H groups in total. The summed E-state index contributed by atoms with van der Waals surface area (Å²) in [6.07, 6.45) is 6.62. The maximum atomic E-state index is 12.3. The van der Waals surface area contributed by atoms with Crippen LogP contribution in [0.5, 0.6) is 5.88 Å². The van der Waals surface area contributed by atoms with E-state index in [9.17, 15) is 4.79 Å². The van der Waals surface area contributed by atoms with Crippen molar-refractivity contribution in [3.63, 3.8) is 0 Å². The first-order valence-corrected chi connectivity index (χ1v) is 18.8. The van der Waals surface area contributed by atoms with Crippen LogP contribution in [0.15, 0.2) is 77.9 Å². The van der Waals surface area contributed by atoms with Crippen LogP contribution in [0.2, 0.25) is 0 Å². The van der Waals surface area contributed by atoms with Crippen LogP contribution in [0.3, 0.4) is 0 Å². The van der Waals surface area contributed by atoms with Gasteiger partial charge in [0.15, 0.2) is 0 Å². The lowest BCUT2D eigenvalue weighted by Crippen LogP contribution is -2.46. The van der Waals surface area contributed by atoms with Gasteiger partial charge >= 0.3 is 0 Å². The summed E-state index contributed by atoms with van der Waals surface area (Å²) in [4.78, 5) is 17.2. The number of rotatable bonds is 27. The van der Waals surface area contributed by atoms with Crippen LogP contribution in [0, 0.1) is 5.41 Å². The fourth-order valence-electron chi connectivity index (χ4n) is 5.79. The second kappa shape index (κ2) is 23.5. The quantitative estimate of drug-likeness (QED) is 0.0725. The molecule has 12 heteroatoms. The van der Waals surface area contributed by atoms with Crippen LogP contribution >= 0.6 is 0 Å². The van der Waals surface area contributed by atoms with Gasteiger partial charge in [-0.3, -0.25) is 9.80 Å². The molecular formula is C40H59N7O5. The molecule has 0 spiro atoms. The topological polar surface area (TPSA) is 145 Å². The number of hydrogen-bond acceptors (Lipinski definition) is 11. The van der Waals surface area contributed by atoms with Crippen molar-refractivity contribution in [3.8, 4) is 28.3 Å². The molecule has 1 aliphatic heterocycles. The maximum Gasteiger partial charge on any atom is 0.219 e. The van der Waals surface area contributed by atoms with Crippen molar-refractivity contribution in [2.75, 3.05) is 65.9 Å². The van der Waals surface area contributed by atoms with Gasteiger partial charge in [-0.2, -0.15) is 0 Å². The standard InChI is InChI=1S/C40H59N7O5/c1-40(2,20-10-12-26-52-38-32-35(33-15-5-3-6-16-33)31-36(43-38)34-17-7-4-8-18-34)39-44-45-46-47(39)23-11-9-19-37(48)42-22-14-25-50-28-30-51-29-27-49-24-13-21-41/h3-8,15-18,31-32,45-46H,9-14,19-30,41H2,1-2H3,(H,42,48). The lowest BCUT2D eigenvalue weighted by atomic mass is 9.85. The number of aromatic nitrogens is 1. The Hall–Kier alpha value is -4.07. The summed E-state index contributed by atoms with van der Waals surface area (Å²) < 4.78 is 22.6. The predicted octanol–water partition coefficient (Wildman–Crippen LogP) is 5.70. The Bertz CT molecular complexity index is 1400. The number of amides is 1. The number of carbonyl (C=O) groups excluding carboxylic acids is 1. The molecule has 0 bridgehead atoms. The van der Waals surface area contributed by atoms with Crippen LogP contribution in [-0.4, -0.2) is 87.6 Å². The molecule has 0 saturated carbocycles. The molecule has 4 rings (SSSR count). The first-order valence-electron chi connectivity index (χ1n) is 18.8. The van der Waals surface area contributed by atoms with E-state index in [1.165, 1.54) is 0 Å². The highest BCUT2D eigenvalue weighted by molar-refractivity contribution is 5.87. The van der Waals surface area contributed by atoms with Crippen LogP contribution in [-0.2, 0) is 19.0 Å². The first kappa shape index (κ1) is 40.7. The van der Waals surface area contributed by atoms with Gasteiger partial charge in [-0.25, -0.2) is 10.5 Å². The molecule has 12 nitrogen and oxygen atoms in total. The molecule has 0 aliphatic carbocycles. The molecule has 0 fully saturated rings. The Morgan fingerprint density at radius 3 is 2.15 bits per heavy atom. The summed E-state index contributed by atoms with van der Waals surface area (Å²) in [6.45, 7) is 10.5. The molecule has 0 atom stereocenters. The van der Waals surface area contributed by atoms with E-state index in [4.69, 9.17) is 29.7 Å². The van der Waals surface area contributed by atoms with Gasteiger partial charge in [0.2, 0.25) is 11.8 Å². The zero-order valence-electron chi connectivity index (χ0n) is 31.1. The van der Waals surface area contributed by atoms with Crippen LogP contribution in [0.25, 0.3) is 22.4 Å². The summed E-state index contributed by atoms with van der Waals surface area (Å²) >= 11 is 0. The molecule has 1 aromatic heterocycles. The summed E-state index contributed by atoms with van der Waals surface area (Å²) in [5, 5.41) is 9.61. The van der Waals surface area contributed by atoms with E-state index < -0.39 is 0 Å². The number of hydrazone groups is 1. The number of carbonyl (C=O) groups is 1. The van der Waals surface area contributed by atoms with Gasteiger partial charge in [-0.1, -0.05) is 74.5 Å². The second-order valence-corrected chi connectivity index (χ2v) is 13.5. The van der Waals surface area contributed by atoms with E-state index >= 15 is 0 Å². The van der Waals surface area contributed by atoms with Crippen molar-refractivity contribution < 1.29 is 23.7 Å². The van der Waals surface area contributed by atoms with Crippen molar-refractivity contribution in [1.29, 1.82) is 0 Å². The third-order valence-electron chi connectivity index (χ3n) is 8.69. The molecule has 0 unspecified atom stereocenters. The molecule has 52 heavy (non-hydrogen) atoms. The number of nitrogens with one attached hydrogen (secondary N) is 3. The number of benzene rings is 2. The molecule has 1 amide bonds. The monoisotopic (exact) mass is 717 g/mol. The van der Waals surface area contributed by atoms with Gasteiger partial charge in [0.05, 0.1) is 38.7 Å². The van der Waals surface area contributed by atoms with E-state index in [2.05, 4.69) is 70.7 Å². The number of pyridine rings is 1. The van der Waals surface area contributed by atoms with E-state index in [0.29, 0.717) is 71.6 Å². The summed E-state index contributed by atoms with van der Waals surface area (Å²) in [7, 11) is 0. The minimum Gasteiger partial charge on any atom is -0.478 e. The molecular weight excluding hydrogens is 658 g/mol. The fourth-order valence-corrected chi connectivity index (χ4v) is 5.79. The Morgan fingerprint density at radius 1 is 0.769 bits per heavy atom. The van der Waals surface area contributed by atoms with Gasteiger partial charge < -0.3 is 30.0 Å². The van der Waals surface area contributed by atoms with Crippen molar-refractivity contribution in [1.82, 2.24) is 26.4 Å². The zero-order chi connectivity index (χ0) is 36.7. The van der Waals surface area contributed by atoms with Crippen LogP contribution in [0.1, 0.15) is 65.2 Å². The number of amidine groups is 1. The van der Waals surface area contributed by atoms with E-state index in [-0.39, 0.29) is 11.3 Å². The normalized spacial score (nSPS) is 12.8. The van der Waals surface area contributed by atoms with Gasteiger partial charge in [-0.15, -0.1) is 10.6 Å². The molecule has 1 aliphatic rings. The lowest BCUT2D eigenvalue weighted by Gasteiger charge is -2.30. The largest absolute Gasteiger partial charge is 0.478 e. The molecule has 0 saturated heterocycles.